The Balaban J connectivity index is 1.81. The zero-order valence-corrected chi connectivity index (χ0v) is 21.2. The number of hydrogen-bond donors (Lipinski definition) is 0. The van der Waals surface area contributed by atoms with Gasteiger partial charge in [-0.2, -0.15) is 23.5 Å². The maximum absolute atomic E-state index is 13.9. The fourth-order valence-electron chi connectivity index (χ4n) is 4.34. The third-order valence-corrected chi connectivity index (χ3v) is 7.21. The van der Waals surface area contributed by atoms with Crippen LogP contribution in [-0.4, -0.2) is 52.0 Å². The van der Waals surface area contributed by atoms with Crippen molar-refractivity contribution in [1.82, 2.24) is 19.6 Å². The van der Waals surface area contributed by atoms with Crippen molar-refractivity contribution in [2.75, 3.05) is 20.6 Å². The van der Waals surface area contributed by atoms with E-state index in [1.54, 1.807) is 56.3 Å². The molecule has 192 valence electrons. The van der Waals surface area contributed by atoms with E-state index in [-0.39, 0.29) is 31.1 Å². The van der Waals surface area contributed by atoms with Gasteiger partial charge in [0.1, 0.15) is 10.9 Å². The Hall–Kier alpha value is -3.91. The number of benzene rings is 1. The van der Waals surface area contributed by atoms with Crippen molar-refractivity contribution in [2.45, 2.75) is 32.1 Å². The van der Waals surface area contributed by atoms with Gasteiger partial charge in [0.2, 0.25) is 11.8 Å². The van der Waals surface area contributed by atoms with Crippen molar-refractivity contribution >= 4 is 23.2 Å². The Kier molecular flexibility index (Phi) is 7.23. The predicted molar refractivity (Wildman–Crippen MR) is 132 cm³/mol. The molecule has 0 radical (unpaired) electrons. The topological polar surface area (TPSA) is 82.2 Å². The number of rotatable bonds is 5. The molecule has 7 nitrogen and oxygen atoms in total. The molecule has 2 aromatic heterocycles. The Morgan fingerprint density at radius 2 is 1.95 bits per heavy atom. The lowest BCUT2D eigenvalue weighted by molar-refractivity contribution is -0.141. The SMILES string of the molecule is CCn1cc(-c2ccccc2C2CN(C(=O)/C=C/C(=O)N(C)C)Cc3sc(C#N)cc32)c(C(F)(F)F)n1. The maximum atomic E-state index is 13.9. The lowest BCUT2D eigenvalue weighted by atomic mass is 9.83. The van der Waals surface area contributed by atoms with Gasteiger partial charge in [-0.25, -0.2) is 0 Å². The number of amides is 2. The van der Waals surface area contributed by atoms with Crippen LogP contribution in [0.3, 0.4) is 0 Å². The molecule has 3 aromatic rings. The Bertz CT molecular complexity index is 1410. The van der Waals surface area contributed by atoms with Crippen molar-refractivity contribution in [3.63, 3.8) is 0 Å². The Labute approximate surface area is 216 Å². The summed E-state index contributed by atoms with van der Waals surface area (Å²) in [6, 6.07) is 10.6. The molecule has 0 N–H and O–H groups in total. The van der Waals surface area contributed by atoms with Gasteiger partial charge in [0.15, 0.2) is 5.69 Å². The molecule has 1 aromatic carbocycles. The average molecular weight is 528 g/mol. The van der Waals surface area contributed by atoms with Crippen molar-refractivity contribution < 1.29 is 22.8 Å². The lowest BCUT2D eigenvalue weighted by Crippen LogP contribution is -2.37. The second-order valence-corrected chi connectivity index (χ2v) is 9.91. The van der Waals surface area contributed by atoms with Gasteiger partial charge >= 0.3 is 6.18 Å². The summed E-state index contributed by atoms with van der Waals surface area (Å²) in [5, 5.41) is 13.3. The normalized spacial score (nSPS) is 15.5. The third-order valence-electron chi connectivity index (χ3n) is 6.17. The Morgan fingerprint density at radius 1 is 1.22 bits per heavy atom. The third kappa shape index (κ3) is 5.29. The standard InChI is InChI=1S/C26H24F3N5O2S/c1-4-34-14-21(25(31-34)26(27,28)29)18-8-6-5-7-17(18)20-13-33(24(36)10-9-23(35)32(2)3)15-22-19(20)11-16(12-30)37-22/h5-11,14,20H,4,13,15H2,1-3H3/b10-9+. The maximum Gasteiger partial charge on any atom is 0.435 e. The quantitative estimate of drug-likeness (QED) is 0.453. The minimum atomic E-state index is -4.65. The molecule has 4 rings (SSSR count). The summed E-state index contributed by atoms with van der Waals surface area (Å²) >= 11 is 1.25. The van der Waals surface area contributed by atoms with E-state index in [0.29, 0.717) is 16.0 Å². The molecule has 0 fully saturated rings. The van der Waals surface area contributed by atoms with Gasteiger partial charge in [-0.1, -0.05) is 24.3 Å². The van der Waals surface area contributed by atoms with Gasteiger partial charge in [-0.15, -0.1) is 11.3 Å². The number of aryl methyl sites for hydroxylation is 1. The number of carbonyl (C=O) groups excluding carboxylic acids is 2. The number of alkyl halides is 3. The fraction of sp³-hybridized carbons (Fsp3) is 0.308. The number of nitrogens with zero attached hydrogens (tertiary/aromatic N) is 5. The van der Waals surface area contributed by atoms with Gasteiger partial charge in [0, 0.05) is 61.9 Å². The second-order valence-electron chi connectivity index (χ2n) is 8.77. The number of carbonyl (C=O) groups is 2. The molecule has 0 aliphatic carbocycles. The molecule has 1 atom stereocenters. The molecule has 1 aliphatic rings. The van der Waals surface area contributed by atoms with Crippen LogP contribution in [0.2, 0.25) is 0 Å². The van der Waals surface area contributed by atoms with Crippen LogP contribution >= 0.6 is 11.3 Å². The summed E-state index contributed by atoms with van der Waals surface area (Å²) in [5.74, 6) is -1.22. The molecular weight excluding hydrogens is 503 g/mol. The van der Waals surface area contributed by atoms with E-state index >= 15 is 0 Å². The number of hydrogen-bond acceptors (Lipinski definition) is 5. The summed E-state index contributed by atoms with van der Waals surface area (Å²) in [6.45, 7) is 2.40. The van der Waals surface area contributed by atoms with Crippen LogP contribution in [0.5, 0.6) is 0 Å². The number of nitriles is 1. The van der Waals surface area contributed by atoms with Crippen molar-refractivity contribution in [1.29, 1.82) is 5.26 Å². The highest BCUT2D eigenvalue weighted by atomic mass is 32.1. The molecule has 0 saturated carbocycles. The summed E-state index contributed by atoms with van der Waals surface area (Å²) in [4.78, 5) is 29.1. The molecule has 2 amide bonds. The van der Waals surface area contributed by atoms with Gasteiger partial charge in [-0.05, 0) is 29.7 Å². The molecular formula is C26H24F3N5O2S. The van der Waals surface area contributed by atoms with Crippen LogP contribution in [0.4, 0.5) is 13.2 Å². The number of aromatic nitrogens is 2. The second kappa shape index (κ2) is 10.2. The molecule has 0 bridgehead atoms. The molecule has 1 unspecified atom stereocenters. The summed E-state index contributed by atoms with van der Waals surface area (Å²) < 4.78 is 43.0. The average Bonchev–Trinajstić information content (AvgIpc) is 3.50. The zero-order chi connectivity index (χ0) is 26.9. The van der Waals surface area contributed by atoms with Crippen molar-refractivity contribution in [2.24, 2.45) is 0 Å². The highest BCUT2D eigenvalue weighted by Gasteiger charge is 2.39. The minimum Gasteiger partial charge on any atom is -0.345 e. The van der Waals surface area contributed by atoms with Gasteiger partial charge in [-0.3, -0.25) is 14.3 Å². The first kappa shape index (κ1) is 26.2. The van der Waals surface area contributed by atoms with Gasteiger partial charge in [0.05, 0.1) is 6.54 Å². The summed E-state index contributed by atoms with van der Waals surface area (Å²) in [7, 11) is 3.14. The van der Waals surface area contributed by atoms with Gasteiger partial charge in [0.25, 0.3) is 0 Å². The molecule has 3 heterocycles. The summed E-state index contributed by atoms with van der Waals surface area (Å²) in [5.41, 5.74) is 0.754. The highest BCUT2D eigenvalue weighted by Crippen LogP contribution is 2.44. The lowest BCUT2D eigenvalue weighted by Gasteiger charge is -2.33. The van der Waals surface area contributed by atoms with Crippen LogP contribution in [0, 0.1) is 11.3 Å². The molecule has 37 heavy (non-hydrogen) atoms. The monoisotopic (exact) mass is 527 g/mol. The van der Waals surface area contributed by atoms with E-state index in [1.165, 1.54) is 39.3 Å². The van der Waals surface area contributed by atoms with E-state index < -0.39 is 23.7 Å². The molecule has 1 aliphatic heterocycles. The molecule has 0 spiro atoms. The van der Waals surface area contributed by atoms with E-state index in [1.807, 2.05) is 0 Å². The fourth-order valence-corrected chi connectivity index (χ4v) is 5.38. The number of likely N-dealkylation sites (N-methyl/N-ethyl adjacent to an activating group) is 1. The Morgan fingerprint density at radius 3 is 2.59 bits per heavy atom. The summed E-state index contributed by atoms with van der Waals surface area (Å²) in [6.07, 6.45) is -0.881. The smallest absolute Gasteiger partial charge is 0.345 e. The first-order valence-corrected chi connectivity index (χ1v) is 12.3. The number of halogens is 3. The van der Waals surface area contributed by atoms with Crippen LogP contribution in [0.1, 0.15) is 39.4 Å². The molecule has 0 saturated heterocycles. The van der Waals surface area contributed by atoms with Crippen LogP contribution < -0.4 is 0 Å². The van der Waals surface area contributed by atoms with E-state index in [4.69, 9.17) is 0 Å². The predicted octanol–water partition coefficient (Wildman–Crippen LogP) is 4.64. The highest BCUT2D eigenvalue weighted by molar-refractivity contribution is 7.12. The van der Waals surface area contributed by atoms with Crippen LogP contribution in [0.25, 0.3) is 11.1 Å². The van der Waals surface area contributed by atoms with E-state index in [9.17, 15) is 28.0 Å². The zero-order valence-electron chi connectivity index (χ0n) is 20.4. The molecule has 11 heteroatoms. The van der Waals surface area contributed by atoms with Crippen LogP contribution in [-0.2, 0) is 28.9 Å². The first-order chi connectivity index (χ1) is 17.5. The largest absolute Gasteiger partial charge is 0.435 e. The minimum absolute atomic E-state index is 0.0397. The van der Waals surface area contributed by atoms with E-state index in [2.05, 4.69) is 11.2 Å². The number of thiophene rings is 1. The van der Waals surface area contributed by atoms with Crippen LogP contribution in [0.15, 0.2) is 48.7 Å². The van der Waals surface area contributed by atoms with E-state index in [0.717, 1.165) is 10.4 Å². The van der Waals surface area contributed by atoms with Gasteiger partial charge < -0.3 is 9.80 Å². The van der Waals surface area contributed by atoms with Crippen molar-refractivity contribution in [3.05, 3.63) is 75.3 Å². The first-order valence-electron chi connectivity index (χ1n) is 11.5. The number of fused-ring (bicyclic) bond motifs is 1. The van der Waals surface area contributed by atoms with Crippen molar-refractivity contribution in [3.8, 4) is 17.2 Å².